The Hall–Kier alpha value is -3.50. The summed E-state index contributed by atoms with van der Waals surface area (Å²) in [6.07, 6.45) is 5.69. The van der Waals surface area contributed by atoms with Gasteiger partial charge in [0.05, 0.1) is 17.1 Å². The fraction of sp³-hybridized carbons (Fsp3) is 0.548. The summed E-state index contributed by atoms with van der Waals surface area (Å²) in [7, 11) is 1.75. The molecular weight excluding hydrogens is 522 g/mol. The lowest BCUT2D eigenvalue weighted by Gasteiger charge is -2.32. The van der Waals surface area contributed by atoms with Gasteiger partial charge in [-0.2, -0.15) is 0 Å². The van der Waals surface area contributed by atoms with Crippen LogP contribution in [-0.4, -0.2) is 67.3 Å². The molecule has 1 saturated carbocycles. The van der Waals surface area contributed by atoms with Crippen LogP contribution in [0, 0.1) is 12.8 Å². The number of carbonyl (C=O) groups is 2. The third-order valence-corrected chi connectivity index (χ3v) is 8.44. The molecular formula is C31H41N5O5. The van der Waals surface area contributed by atoms with E-state index in [-0.39, 0.29) is 23.5 Å². The molecule has 41 heavy (non-hydrogen) atoms. The molecule has 1 saturated heterocycles. The van der Waals surface area contributed by atoms with Crippen LogP contribution >= 0.6 is 0 Å². The van der Waals surface area contributed by atoms with Gasteiger partial charge in [0.2, 0.25) is 5.91 Å². The van der Waals surface area contributed by atoms with Gasteiger partial charge in [-0.05, 0) is 75.6 Å². The molecule has 1 aliphatic heterocycles. The van der Waals surface area contributed by atoms with Crippen molar-refractivity contribution in [2.24, 2.45) is 13.0 Å². The van der Waals surface area contributed by atoms with Crippen molar-refractivity contribution in [1.82, 2.24) is 24.3 Å². The van der Waals surface area contributed by atoms with E-state index >= 15 is 0 Å². The fourth-order valence-corrected chi connectivity index (χ4v) is 5.85. The average molecular weight is 564 g/mol. The van der Waals surface area contributed by atoms with Gasteiger partial charge in [0.25, 0.3) is 5.56 Å². The molecule has 2 aromatic heterocycles. The summed E-state index contributed by atoms with van der Waals surface area (Å²) in [5.74, 6) is 0.736. The van der Waals surface area contributed by atoms with Gasteiger partial charge in [-0.3, -0.25) is 19.7 Å². The molecule has 220 valence electrons. The molecule has 0 radical (unpaired) electrons. The third-order valence-electron chi connectivity index (χ3n) is 8.44. The number of nitrogens with one attached hydrogen (secondary N) is 1. The standard InChI is InChI=1S/C31H41N5O5/c1-19-13-24(18-34(4)30(19)39)29-33-26-14-22(15-32-28(20(2)37)31(40)41-25-8-5-9-25)10-11-27(26)36(29)17-23-7-6-12-35(16-23)21(3)38/h10-11,13-14,18,20,23,25,28,32,37H,5-9,12,15-17H2,1-4H3/t20-,23-,28+/m1/s1. The number of piperidine rings is 1. The average Bonchev–Trinajstić information content (AvgIpc) is 3.26. The van der Waals surface area contributed by atoms with Crippen molar-refractivity contribution >= 4 is 22.9 Å². The number of pyridine rings is 1. The molecule has 5 rings (SSSR count). The van der Waals surface area contributed by atoms with Gasteiger partial charge >= 0.3 is 5.97 Å². The number of ether oxygens (including phenoxy) is 1. The summed E-state index contributed by atoms with van der Waals surface area (Å²) >= 11 is 0. The van der Waals surface area contributed by atoms with Crippen LogP contribution in [0.1, 0.15) is 57.1 Å². The molecule has 10 nitrogen and oxygen atoms in total. The summed E-state index contributed by atoms with van der Waals surface area (Å²) in [6, 6.07) is 7.10. The first-order valence-corrected chi connectivity index (χ1v) is 14.6. The van der Waals surface area contributed by atoms with E-state index in [0.717, 1.165) is 66.6 Å². The lowest BCUT2D eigenvalue weighted by atomic mass is 9.96. The number of fused-ring (bicyclic) bond motifs is 1. The fourth-order valence-electron chi connectivity index (χ4n) is 5.85. The van der Waals surface area contributed by atoms with Crippen molar-refractivity contribution in [3.05, 3.63) is 51.9 Å². The quantitative estimate of drug-likeness (QED) is 0.384. The van der Waals surface area contributed by atoms with Gasteiger partial charge in [-0.15, -0.1) is 0 Å². The Morgan fingerprint density at radius 1 is 1.20 bits per heavy atom. The first-order chi connectivity index (χ1) is 19.6. The van der Waals surface area contributed by atoms with Crippen LogP contribution in [0.2, 0.25) is 0 Å². The number of carbonyl (C=O) groups excluding carboxylic acids is 2. The van der Waals surface area contributed by atoms with Crippen LogP contribution in [0.5, 0.6) is 0 Å². The predicted molar refractivity (Wildman–Crippen MR) is 156 cm³/mol. The molecule has 2 aliphatic rings. The highest BCUT2D eigenvalue weighted by molar-refractivity contribution is 5.81. The molecule has 2 N–H and O–H groups in total. The first kappa shape index (κ1) is 29.0. The summed E-state index contributed by atoms with van der Waals surface area (Å²) in [6.45, 7) is 7.59. The number of aromatic nitrogens is 3. The number of hydrogen-bond donors (Lipinski definition) is 2. The van der Waals surface area contributed by atoms with E-state index in [2.05, 4.69) is 9.88 Å². The minimum absolute atomic E-state index is 0.0438. The SMILES string of the molecule is CC(=O)N1CCC[C@@H](Cn2c(-c3cc(C)c(=O)n(C)c3)nc3cc(CN[C@H](C(=O)OC4CCC4)[C@@H](C)O)ccc32)C1. The van der Waals surface area contributed by atoms with Crippen molar-refractivity contribution in [3.8, 4) is 11.4 Å². The van der Waals surface area contributed by atoms with Gasteiger partial charge < -0.3 is 23.9 Å². The van der Waals surface area contributed by atoms with Crippen LogP contribution in [0.3, 0.4) is 0 Å². The molecule has 0 bridgehead atoms. The van der Waals surface area contributed by atoms with Gasteiger partial charge in [0, 0.05) is 57.5 Å². The van der Waals surface area contributed by atoms with Crippen molar-refractivity contribution in [3.63, 3.8) is 0 Å². The zero-order chi connectivity index (χ0) is 29.3. The number of rotatable bonds is 9. The highest BCUT2D eigenvalue weighted by Gasteiger charge is 2.30. The summed E-state index contributed by atoms with van der Waals surface area (Å²) in [5, 5.41) is 13.4. The number of amides is 1. The number of aryl methyl sites for hydroxylation is 2. The lowest BCUT2D eigenvalue weighted by Crippen LogP contribution is -2.47. The van der Waals surface area contributed by atoms with Crippen LogP contribution in [-0.2, 0) is 34.5 Å². The first-order valence-electron chi connectivity index (χ1n) is 14.6. The second-order valence-corrected chi connectivity index (χ2v) is 11.8. The van der Waals surface area contributed by atoms with Gasteiger partial charge in [0.1, 0.15) is 18.0 Å². The van der Waals surface area contributed by atoms with Gasteiger partial charge in [-0.1, -0.05) is 6.07 Å². The Morgan fingerprint density at radius 3 is 2.63 bits per heavy atom. The van der Waals surface area contributed by atoms with Crippen LogP contribution in [0.4, 0.5) is 0 Å². The Labute approximate surface area is 240 Å². The van der Waals surface area contributed by atoms with Crippen molar-refractivity contribution in [2.45, 2.75) is 84.2 Å². The van der Waals surface area contributed by atoms with Crippen LogP contribution < -0.4 is 10.9 Å². The molecule has 0 spiro atoms. The van der Waals surface area contributed by atoms with E-state index in [1.807, 2.05) is 42.3 Å². The Balaban J connectivity index is 1.44. The molecule has 2 fully saturated rings. The van der Waals surface area contributed by atoms with E-state index < -0.39 is 18.1 Å². The maximum Gasteiger partial charge on any atom is 0.326 e. The smallest absolute Gasteiger partial charge is 0.326 e. The van der Waals surface area contributed by atoms with Crippen molar-refractivity contribution in [1.29, 1.82) is 0 Å². The Kier molecular flexibility index (Phi) is 8.60. The molecule has 3 atom stereocenters. The molecule has 1 amide bonds. The second-order valence-electron chi connectivity index (χ2n) is 11.8. The highest BCUT2D eigenvalue weighted by Crippen LogP contribution is 2.29. The summed E-state index contributed by atoms with van der Waals surface area (Å²) < 4.78 is 9.32. The predicted octanol–water partition coefficient (Wildman–Crippen LogP) is 2.90. The number of benzene rings is 1. The molecule has 1 aromatic carbocycles. The number of hydrogen-bond acceptors (Lipinski definition) is 7. The highest BCUT2D eigenvalue weighted by atomic mass is 16.5. The summed E-state index contributed by atoms with van der Waals surface area (Å²) in [5.41, 5.74) is 4.15. The van der Waals surface area contributed by atoms with Crippen LogP contribution in [0.25, 0.3) is 22.4 Å². The van der Waals surface area contributed by atoms with Crippen LogP contribution in [0.15, 0.2) is 35.3 Å². The molecule has 10 heteroatoms. The number of imidazole rings is 1. The molecule has 3 aromatic rings. The topological polar surface area (TPSA) is 119 Å². The molecule has 3 heterocycles. The number of aliphatic hydroxyl groups excluding tert-OH is 1. The second kappa shape index (κ2) is 12.2. The lowest BCUT2D eigenvalue weighted by molar-refractivity contribution is -0.158. The van der Waals surface area contributed by atoms with E-state index in [0.29, 0.717) is 25.2 Å². The minimum atomic E-state index is -0.893. The number of nitrogens with zero attached hydrogens (tertiary/aromatic N) is 4. The summed E-state index contributed by atoms with van der Waals surface area (Å²) in [4.78, 5) is 44.1. The van der Waals surface area contributed by atoms with Gasteiger partial charge in [0.15, 0.2) is 0 Å². The Bertz CT molecular complexity index is 1460. The number of esters is 1. The normalized spacial score (nSPS) is 19.1. The van der Waals surface area contributed by atoms with Crippen molar-refractivity contribution in [2.75, 3.05) is 13.1 Å². The van der Waals surface area contributed by atoms with E-state index in [4.69, 9.17) is 9.72 Å². The zero-order valence-electron chi connectivity index (χ0n) is 24.4. The number of likely N-dealkylation sites (tertiary alicyclic amines) is 1. The zero-order valence-corrected chi connectivity index (χ0v) is 24.4. The minimum Gasteiger partial charge on any atom is -0.461 e. The van der Waals surface area contributed by atoms with Crippen molar-refractivity contribution < 1.29 is 19.4 Å². The molecule has 0 unspecified atom stereocenters. The largest absolute Gasteiger partial charge is 0.461 e. The van der Waals surface area contributed by atoms with E-state index in [1.165, 1.54) is 0 Å². The van der Waals surface area contributed by atoms with E-state index in [1.54, 1.807) is 25.5 Å². The maximum atomic E-state index is 12.7. The monoisotopic (exact) mass is 563 g/mol. The number of aliphatic hydroxyl groups is 1. The van der Waals surface area contributed by atoms with Gasteiger partial charge in [-0.25, -0.2) is 4.98 Å². The Morgan fingerprint density at radius 2 is 1.98 bits per heavy atom. The third kappa shape index (κ3) is 6.38. The van der Waals surface area contributed by atoms with E-state index in [9.17, 15) is 19.5 Å². The maximum absolute atomic E-state index is 12.7. The molecule has 1 aliphatic carbocycles.